The van der Waals surface area contributed by atoms with Crippen LogP contribution in [-0.4, -0.2) is 24.4 Å². The first-order chi connectivity index (χ1) is 8.75. The van der Waals surface area contributed by atoms with Crippen molar-refractivity contribution in [1.29, 1.82) is 0 Å². The third kappa shape index (κ3) is 4.00. The smallest absolute Gasteiger partial charge is 0.244 e. The quantitative estimate of drug-likeness (QED) is 0.559. The van der Waals surface area contributed by atoms with E-state index in [4.69, 9.17) is 0 Å². The van der Waals surface area contributed by atoms with Crippen LogP contribution in [-0.2, 0) is 9.59 Å². The average Bonchev–Trinajstić information content (AvgIpc) is 2.40. The summed E-state index contributed by atoms with van der Waals surface area (Å²) in [5, 5.41) is 5.37. The maximum atomic E-state index is 11.6. The molecular formula is C14H24N2O2. The van der Waals surface area contributed by atoms with Crippen molar-refractivity contribution in [2.24, 2.45) is 5.92 Å². The molecule has 0 radical (unpaired) electrons. The predicted octanol–water partition coefficient (Wildman–Crippen LogP) is 1.74. The Balaban J connectivity index is 1.49. The molecule has 0 aromatic heterocycles. The zero-order valence-corrected chi connectivity index (χ0v) is 11.0. The molecular weight excluding hydrogens is 228 g/mol. The maximum Gasteiger partial charge on any atom is 0.244 e. The monoisotopic (exact) mass is 252 g/mol. The van der Waals surface area contributed by atoms with Gasteiger partial charge in [-0.1, -0.05) is 44.9 Å². The average molecular weight is 252 g/mol. The third-order valence-electron chi connectivity index (χ3n) is 4.12. The lowest BCUT2D eigenvalue weighted by Crippen LogP contribution is -2.61. The van der Waals surface area contributed by atoms with Crippen LogP contribution in [0.2, 0.25) is 0 Å². The molecule has 2 amide bonds. The number of rotatable bonds is 6. The number of nitrogens with one attached hydrogen (secondary N) is 2. The van der Waals surface area contributed by atoms with Crippen molar-refractivity contribution in [3.63, 3.8) is 0 Å². The summed E-state index contributed by atoms with van der Waals surface area (Å²) in [5.41, 5.74) is 0. The molecule has 18 heavy (non-hydrogen) atoms. The molecule has 1 saturated heterocycles. The summed E-state index contributed by atoms with van der Waals surface area (Å²) in [6.07, 6.45) is 10.9. The maximum absolute atomic E-state index is 11.6. The Kier molecular flexibility index (Phi) is 5.02. The third-order valence-corrected chi connectivity index (χ3v) is 4.12. The number of amides is 2. The standard InChI is InChI=1S/C14H24N2O2/c17-13(16-12-10-15-14(12)18)9-5-4-8-11-6-2-1-3-7-11/h11-12H,1-10H2,(H,15,18)(H,16,17)/t12-/m0/s1. The van der Waals surface area contributed by atoms with E-state index >= 15 is 0 Å². The van der Waals surface area contributed by atoms with Crippen LogP contribution >= 0.6 is 0 Å². The summed E-state index contributed by atoms with van der Waals surface area (Å²) in [7, 11) is 0. The Hall–Kier alpha value is -1.06. The van der Waals surface area contributed by atoms with Crippen LogP contribution in [0, 0.1) is 5.92 Å². The van der Waals surface area contributed by atoms with Crippen molar-refractivity contribution in [3.8, 4) is 0 Å². The second-order valence-corrected chi connectivity index (χ2v) is 5.62. The van der Waals surface area contributed by atoms with Crippen molar-refractivity contribution in [2.45, 2.75) is 63.8 Å². The van der Waals surface area contributed by atoms with E-state index in [1.165, 1.54) is 38.5 Å². The van der Waals surface area contributed by atoms with Gasteiger partial charge in [-0.05, 0) is 12.3 Å². The van der Waals surface area contributed by atoms with Gasteiger partial charge in [-0.15, -0.1) is 0 Å². The molecule has 0 aromatic carbocycles. The molecule has 1 heterocycles. The van der Waals surface area contributed by atoms with E-state index in [1.54, 1.807) is 0 Å². The van der Waals surface area contributed by atoms with Gasteiger partial charge in [0.25, 0.3) is 0 Å². The SMILES string of the molecule is O=C(CCCCC1CCCCC1)N[C@H]1CNC1=O. The van der Waals surface area contributed by atoms with Gasteiger partial charge in [-0.3, -0.25) is 9.59 Å². The van der Waals surface area contributed by atoms with Gasteiger partial charge in [0, 0.05) is 13.0 Å². The molecule has 2 fully saturated rings. The number of carbonyl (C=O) groups is 2. The Morgan fingerprint density at radius 2 is 2.00 bits per heavy atom. The van der Waals surface area contributed by atoms with Gasteiger partial charge in [0.2, 0.25) is 11.8 Å². The summed E-state index contributed by atoms with van der Waals surface area (Å²) in [4.78, 5) is 22.5. The summed E-state index contributed by atoms with van der Waals surface area (Å²) in [5.74, 6) is 0.878. The molecule has 1 aliphatic heterocycles. The number of carbonyl (C=O) groups excluding carboxylic acids is 2. The topological polar surface area (TPSA) is 58.2 Å². The van der Waals surface area contributed by atoms with E-state index < -0.39 is 0 Å². The molecule has 0 spiro atoms. The highest BCUT2D eigenvalue weighted by Crippen LogP contribution is 2.27. The fourth-order valence-electron chi connectivity index (χ4n) is 2.86. The number of β-lactam (4-membered cyclic amide) rings is 1. The molecule has 1 aliphatic carbocycles. The van der Waals surface area contributed by atoms with E-state index in [0.717, 1.165) is 18.8 Å². The number of hydrogen-bond acceptors (Lipinski definition) is 2. The van der Waals surface area contributed by atoms with Crippen LogP contribution in [0.15, 0.2) is 0 Å². The summed E-state index contributed by atoms with van der Waals surface area (Å²) < 4.78 is 0. The molecule has 2 rings (SSSR count). The molecule has 4 nitrogen and oxygen atoms in total. The lowest BCUT2D eigenvalue weighted by molar-refractivity contribution is -0.133. The second-order valence-electron chi connectivity index (χ2n) is 5.62. The van der Waals surface area contributed by atoms with Crippen molar-refractivity contribution in [2.75, 3.05) is 6.54 Å². The van der Waals surface area contributed by atoms with Crippen LogP contribution in [0.1, 0.15) is 57.8 Å². The van der Waals surface area contributed by atoms with Gasteiger partial charge in [0.05, 0.1) is 0 Å². The van der Waals surface area contributed by atoms with Gasteiger partial charge in [-0.2, -0.15) is 0 Å². The molecule has 0 aromatic rings. The van der Waals surface area contributed by atoms with Crippen molar-refractivity contribution >= 4 is 11.8 Å². The van der Waals surface area contributed by atoms with Gasteiger partial charge < -0.3 is 10.6 Å². The molecule has 2 N–H and O–H groups in total. The van der Waals surface area contributed by atoms with E-state index in [-0.39, 0.29) is 17.9 Å². The number of unbranched alkanes of at least 4 members (excludes halogenated alkanes) is 1. The predicted molar refractivity (Wildman–Crippen MR) is 70.0 cm³/mol. The highest BCUT2D eigenvalue weighted by Gasteiger charge is 2.28. The molecule has 102 valence electrons. The summed E-state index contributed by atoms with van der Waals surface area (Å²) >= 11 is 0. The lowest BCUT2D eigenvalue weighted by Gasteiger charge is -2.26. The number of hydrogen-bond donors (Lipinski definition) is 2. The minimum absolute atomic E-state index is 0.0264. The second kappa shape index (κ2) is 6.76. The highest BCUT2D eigenvalue weighted by atomic mass is 16.2. The van der Waals surface area contributed by atoms with Crippen molar-refractivity contribution < 1.29 is 9.59 Å². The van der Waals surface area contributed by atoms with Gasteiger partial charge in [0.15, 0.2) is 0 Å². The Morgan fingerprint density at radius 1 is 1.22 bits per heavy atom. The van der Waals surface area contributed by atoms with Crippen LogP contribution in [0.5, 0.6) is 0 Å². The first-order valence-electron chi connectivity index (χ1n) is 7.33. The highest BCUT2D eigenvalue weighted by molar-refractivity contribution is 5.92. The van der Waals surface area contributed by atoms with Crippen molar-refractivity contribution in [3.05, 3.63) is 0 Å². The molecule has 4 heteroatoms. The van der Waals surface area contributed by atoms with Crippen LogP contribution < -0.4 is 10.6 Å². The largest absolute Gasteiger partial charge is 0.352 e. The zero-order chi connectivity index (χ0) is 12.8. The van der Waals surface area contributed by atoms with Gasteiger partial charge in [0.1, 0.15) is 6.04 Å². The van der Waals surface area contributed by atoms with Gasteiger partial charge in [-0.25, -0.2) is 0 Å². The molecule has 0 bridgehead atoms. The molecule has 2 aliphatic rings. The minimum Gasteiger partial charge on any atom is -0.352 e. The van der Waals surface area contributed by atoms with E-state index in [9.17, 15) is 9.59 Å². The minimum atomic E-state index is -0.268. The Morgan fingerprint density at radius 3 is 2.61 bits per heavy atom. The van der Waals surface area contributed by atoms with E-state index in [0.29, 0.717) is 13.0 Å². The summed E-state index contributed by atoms with van der Waals surface area (Å²) in [6.45, 7) is 0.590. The lowest BCUT2D eigenvalue weighted by atomic mass is 9.85. The van der Waals surface area contributed by atoms with Crippen molar-refractivity contribution in [1.82, 2.24) is 10.6 Å². The van der Waals surface area contributed by atoms with Crippen LogP contribution in [0.4, 0.5) is 0 Å². The normalized spacial score (nSPS) is 24.2. The first-order valence-corrected chi connectivity index (χ1v) is 7.33. The Labute approximate surface area is 109 Å². The molecule has 0 unspecified atom stereocenters. The van der Waals surface area contributed by atoms with Gasteiger partial charge >= 0.3 is 0 Å². The fourth-order valence-corrected chi connectivity index (χ4v) is 2.86. The fraction of sp³-hybridized carbons (Fsp3) is 0.857. The first kappa shape index (κ1) is 13.4. The summed E-state index contributed by atoms with van der Waals surface area (Å²) in [6, 6.07) is -0.268. The van der Waals surface area contributed by atoms with E-state index in [2.05, 4.69) is 10.6 Å². The molecule has 1 saturated carbocycles. The zero-order valence-electron chi connectivity index (χ0n) is 11.0. The molecule has 1 atom stereocenters. The Bertz CT molecular complexity index is 298. The van der Waals surface area contributed by atoms with E-state index in [1.807, 2.05) is 0 Å². The van der Waals surface area contributed by atoms with Crippen LogP contribution in [0.3, 0.4) is 0 Å². The van der Waals surface area contributed by atoms with Crippen LogP contribution in [0.25, 0.3) is 0 Å².